The molecule has 0 aliphatic carbocycles. The van der Waals surface area contributed by atoms with E-state index >= 15 is 0 Å². The molecule has 6 aromatic rings. The summed E-state index contributed by atoms with van der Waals surface area (Å²) in [6, 6.07) is 7.57. The number of phenolic OH excluding ortho intramolecular Hbond substituents is 1. The van der Waals surface area contributed by atoms with Crippen LogP contribution in [0.2, 0.25) is 0 Å². The Balaban J connectivity index is 1.52. The summed E-state index contributed by atoms with van der Waals surface area (Å²) < 4.78 is 15.9. The average molecular weight is 440 g/mol. The van der Waals surface area contributed by atoms with E-state index in [1.165, 1.54) is 12.1 Å². The summed E-state index contributed by atoms with van der Waals surface area (Å²) in [5, 5.41) is 18.1. The van der Waals surface area contributed by atoms with Crippen LogP contribution in [0.3, 0.4) is 0 Å². The first kappa shape index (κ1) is 19.1. The van der Waals surface area contributed by atoms with Crippen LogP contribution in [0, 0.1) is 12.7 Å². The van der Waals surface area contributed by atoms with E-state index in [4.69, 9.17) is 4.98 Å². The zero-order valence-corrected chi connectivity index (χ0v) is 17.6. The molecule has 1 aromatic carbocycles. The number of halogens is 1. The fraction of sp³-hybridized carbons (Fsp3) is 0.0870. The maximum absolute atomic E-state index is 13.9. The summed E-state index contributed by atoms with van der Waals surface area (Å²) in [5.74, 6) is 0.706. The molecule has 6 rings (SSSR count). The monoisotopic (exact) mass is 440 g/mol. The molecule has 0 aliphatic heterocycles. The topological polar surface area (TPSA) is 121 Å². The number of pyridine rings is 2. The number of nitrogens with one attached hydrogen (secondary N) is 2. The molecule has 0 atom stereocenters. The van der Waals surface area contributed by atoms with Gasteiger partial charge in [0.2, 0.25) is 0 Å². The molecular weight excluding hydrogens is 423 g/mol. The summed E-state index contributed by atoms with van der Waals surface area (Å²) in [4.78, 5) is 21.2. The number of hydrogen-bond donors (Lipinski definition) is 3. The molecule has 0 spiro atoms. The van der Waals surface area contributed by atoms with Crippen molar-refractivity contribution in [3.63, 3.8) is 0 Å². The molecule has 0 aliphatic rings. The van der Waals surface area contributed by atoms with Crippen LogP contribution in [0.1, 0.15) is 5.82 Å². The highest BCUT2D eigenvalue weighted by atomic mass is 19.1. The Labute approximate surface area is 186 Å². The Kier molecular flexibility index (Phi) is 4.03. The Morgan fingerprint density at radius 3 is 2.73 bits per heavy atom. The zero-order valence-electron chi connectivity index (χ0n) is 17.6. The largest absolute Gasteiger partial charge is 0.508 e. The van der Waals surface area contributed by atoms with E-state index < -0.39 is 5.82 Å². The van der Waals surface area contributed by atoms with Gasteiger partial charge in [0.15, 0.2) is 11.5 Å². The van der Waals surface area contributed by atoms with E-state index in [-0.39, 0.29) is 5.75 Å². The van der Waals surface area contributed by atoms with Crippen molar-refractivity contribution in [2.45, 2.75) is 6.92 Å². The standard InChI is InChI=1S/C23H17FN8O/c1-11-26-10-19(32(11)2)17-8-16-18(9-27-17)30-31-21(16)23-28-20-15(3-4-25-22(20)29-23)12-5-13(24)7-14(33)6-12/h3-10,33H,1-2H3,(H,30,31)(H,25,28,29). The Hall–Kier alpha value is -4.60. The number of aryl methyl sites for hydroxylation is 1. The molecule has 9 nitrogen and oxygen atoms in total. The highest BCUT2D eigenvalue weighted by Crippen LogP contribution is 2.33. The van der Waals surface area contributed by atoms with Gasteiger partial charge in [0.25, 0.3) is 0 Å². The van der Waals surface area contributed by atoms with Crippen molar-refractivity contribution in [1.82, 2.24) is 39.7 Å². The number of fused-ring (bicyclic) bond motifs is 2. The molecule has 10 heteroatoms. The van der Waals surface area contributed by atoms with Crippen LogP contribution in [0.15, 0.2) is 48.9 Å². The number of hydrogen-bond acceptors (Lipinski definition) is 6. The van der Waals surface area contributed by atoms with Crippen LogP contribution in [0.4, 0.5) is 4.39 Å². The van der Waals surface area contributed by atoms with Gasteiger partial charge in [-0.05, 0) is 36.8 Å². The first-order chi connectivity index (χ1) is 16.0. The van der Waals surface area contributed by atoms with Gasteiger partial charge in [-0.2, -0.15) is 5.10 Å². The van der Waals surface area contributed by atoms with Crippen molar-refractivity contribution in [2.24, 2.45) is 7.05 Å². The highest BCUT2D eigenvalue weighted by Gasteiger charge is 2.18. The molecule has 0 bridgehead atoms. The summed E-state index contributed by atoms with van der Waals surface area (Å²) in [6.45, 7) is 1.93. The molecule has 33 heavy (non-hydrogen) atoms. The van der Waals surface area contributed by atoms with E-state index in [2.05, 4.69) is 30.1 Å². The molecule has 0 unspecified atom stereocenters. The van der Waals surface area contributed by atoms with Gasteiger partial charge in [0.05, 0.1) is 29.3 Å². The summed E-state index contributed by atoms with van der Waals surface area (Å²) in [7, 11) is 1.94. The molecule has 0 fully saturated rings. The first-order valence-electron chi connectivity index (χ1n) is 10.2. The number of aromatic amines is 2. The van der Waals surface area contributed by atoms with Gasteiger partial charge in [0, 0.05) is 30.3 Å². The average Bonchev–Trinajstić information content (AvgIpc) is 3.49. The van der Waals surface area contributed by atoms with E-state index in [9.17, 15) is 9.50 Å². The predicted octanol–water partition coefficient (Wildman–Crippen LogP) is 4.12. The molecule has 0 amide bonds. The van der Waals surface area contributed by atoms with Crippen molar-refractivity contribution in [3.05, 3.63) is 60.6 Å². The Bertz CT molecular complexity index is 1660. The number of rotatable bonds is 3. The third kappa shape index (κ3) is 3.03. The van der Waals surface area contributed by atoms with Crippen molar-refractivity contribution in [1.29, 1.82) is 0 Å². The minimum Gasteiger partial charge on any atom is -0.508 e. The van der Waals surface area contributed by atoms with Crippen molar-refractivity contribution in [3.8, 4) is 39.8 Å². The quantitative estimate of drug-likeness (QED) is 0.381. The van der Waals surface area contributed by atoms with Crippen LogP contribution >= 0.6 is 0 Å². The molecular formula is C23H17FN8O. The second-order valence-corrected chi connectivity index (χ2v) is 7.78. The zero-order chi connectivity index (χ0) is 22.7. The lowest BCUT2D eigenvalue weighted by molar-refractivity contribution is 0.469. The molecule has 0 radical (unpaired) electrons. The lowest BCUT2D eigenvalue weighted by Gasteiger charge is -2.03. The van der Waals surface area contributed by atoms with Crippen molar-refractivity contribution in [2.75, 3.05) is 0 Å². The van der Waals surface area contributed by atoms with E-state index in [1.807, 2.05) is 24.6 Å². The SMILES string of the molecule is Cc1ncc(-c2cc3c(-c4nc5c(-c6cc(O)cc(F)c6)ccnc5[nH]4)n[nH]c3cn2)n1C. The second kappa shape index (κ2) is 6.95. The van der Waals surface area contributed by atoms with Crippen LogP contribution in [-0.2, 0) is 7.05 Å². The Morgan fingerprint density at radius 2 is 1.94 bits per heavy atom. The summed E-state index contributed by atoms with van der Waals surface area (Å²) >= 11 is 0. The Morgan fingerprint density at radius 1 is 1.06 bits per heavy atom. The van der Waals surface area contributed by atoms with Crippen LogP contribution < -0.4 is 0 Å². The summed E-state index contributed by atoms with van der Waals surface area (Å²) in [5.41, 5.74) is 5.24. The minimum absolute atomic E-state index is 0.158. The van der Waals surface area contributed by atoms with Crippen molar-refractivity contribution < 1.29 is 9.50 Å². The second-order valence-electron chi connectivity index (χ2n) is 7.78. The van der Waals surface area contributed by atoms with E-state index in [1.54, 1.807) is 24.7 Å². The number of aromatic hydroxyl groups is 1. The smallest absolute Gasteiger partial charge is 0.160 e. The number of benzene rings is 1. The first-order valence-corrected chi connectivity index (χ1v) is 10.2. The molecule has 5 aromatic heterocycles. The fourth-order valence-electron chi connectivity index (χ4n) is 3.96. The van der Waals surface area contributed by atoms with Gasteiger partial charge in [0.1, 0.15) is 28.6 Å². The fourth-order valence-corrected chi connectivity index (χ4v) is 3.96. The van der Waals surface area contributed by atoms with Gasteiger partial charge < -0.3 is 14.7 Å². The summed E-state index contributed by atoms with van der Waals surface area (Å²) in [6.07, 6.45) is 5.12. The highest BCUT2D eigenvalue weighted by molar-refractivity contribution is 5.96. The molecule has 5 heterocycles. The van der Waals surface area contributed by atoms with Gasteiger partial charge in [-0.3, -0.25) is 10.1 Å². The minimum atomic E-state index is -0.533. The van der Waals surface area contributed by atoms with Gasteiger partial charge in [-0.1, -0.05) is 0 Å². The normalized spacial score (nSPS) is 11.6. The van der Waals surface area contributed by atoms with Gasteiger partial charge >= 0.3 is 0 Å². The third-order valence-corrected chi connectivity index (χ3v) is 5.73. The molecule has 0 saturated heterocycles. The van der Waals surface area contributed by atoms with Gasteiger partial charge in [-0.25, -0.2) is 19.3 Å². The van der Waals surface area contributed by atoms with Crippen LogP contribution in [0.25, 0.3) is 56.1 Å². The third-order valence-electron chi connectivity index (χ3n) is 5.73. The molecule has 3 N–H and O–H groups in total. The number of nitrogens with zero attached hydrogens (tertiary/aromatic N) is 6. The van der Waals surface area contributed by atoms with Crippen LogP contribution in [-0.4, -0.2) is 44.8 Å². The number of aromatic nitrogens is 8. The van der Waals surface area contributed by atoms with Gasteiger partial charge in [-0.15, -0.1) is 0 Å². The van der Waals surface area contributed by atoms with Crippen molar-refractivity contribution >= 4 is 22.1 Å². The maximum atomic E-state index is 13.9. The predicted molar refractivity (Wildman–Crippen MR) is 121 cm³/mol. The molecule has 162 valence electrons. The lowest BCUT2D eigenvalue weighted by Crippen LogP contribution is -1.95. The van der Waals surface area contributed by atoms with E-state index in [0.29, 0.717) is 33.8 Å². The lowest BCUT2D eigenvalue weighted by atomic mass is 10.1. The number of H-pyrrole nitrogens is 2. The maximum Gasteiger partial charge on any atom is 0.160 e. The number of phenols is 1. The molecule has 0 saturated carbocycles. The number of imidazole rings is 2. The van der Waals surface area contributed by atoms with E-state index in [0.717, 1.165) is 34.2 Å². The van der Waals surface area contributed by atoms with Crippen LogP contribution in [0.5, 0.6) is 5.75 Å².